The molecular weight excluding hydrogens is 255 g/mol. The number of amides is 1. The predicted molar refractivity (Wildman–Crippen MR) is 77.2 cm³/mol. The van der Waals surface area contributed by atoms with Gasteiger partial charge in [-0.3, -0.25) is 4.79 Å². The number of rotatable bonds is 1. The number of nitrogens with zero attached hydrogens (tertiary/aromatic N) is 1. The van der Waals surface area contributed by atoms with E-state index < -0.39 is 5.54 Å². The summed E-state index contributed by atoms with van der Waals surface area (Å²) in [5, 5.41) is 0. The van der Waals surface area contributed by atoms with Gasteiger partial charge < -0.3 is 10.6 Å². The Bertz CT molecular complexity index is 556. The normalized spacial score (nSPS) is 20.5. The first kappa shape index (κ1) is 13.6. The van der Waals surface area contributed by atoms with E-state index in [1.807, 2.05) is 6.07 Å². The Balaban J connectivity index is 2.11. The van der Waals surface area contributed by atoms with Crippen molar-refractivity contribution in [3.63, 3.8) is 0 Å². The van der Waals surface area contributed by atoms with Gasteiger partial charge in [0.2, 0.25) is 5.91 Å². The van der Waals surface area contributed by atoms with Crippen LogP contribution < -0.4 is 10.6 Å². The maximum absolute atomic E-state index is 14.4. The topological polar surface area (TPSA) is 46.3 Å². The smallest absolute Gasteiger partial charge is 0.246 e. The molecule has 0 radical (unpaired) electrons. The Hall–Kier alpha value is -1.42. The van der Waals surface area contributed by atoms with Gasteiger partial charge in [-0.25, -0.2) is 4.39 Å². The third-order valence-corrected chi connectivity index (χ3v) is 4.63. The van der Waals surface area contributed by atoms with Crippen LogP contribution >= 0.6 is 0 Å². The average Bonchev–Trinajstić information content (AvgIpc) is 2.95. The first-order valence-corrected chi connectivity index (χ1v) is 7.25. The zero-order chi connectivity index (χ0) is 14.5. The number of carbonyl (C=O) groups excluding carboxylic acids is 1. The molecule has 2 N–H and O–H groups in total. The molecule has 4 heteroatoms. The quantitative estimate of drug-likeness (QED) is 0.857. The van der Waals surface area contributed by atoms with Gasteiger partial charge in [0.05, 0.1) is 11.2 Å². The Kier molecular flexibility index (Phi) is 2.91. The van der Waals surface area contributed by atoms with Crippen LogP contribution in [0.3, 0.4) is 0 Å². The molecule has 1 aliphatic carbocycles. The summed E-state index contributed by atoms with van der Waals surface area (Å²) < 4.78 is 14.4. The molecule has 1 aromatic carbocycles. The number of halogens is 1. The minimum atomic E-state index is -0.937. The zero-order valence-electron chi connectivity index (χ0n) is 12.1. The van der Waals surface area contributed by atoms with Gasteiger partial charge in [-0.1, -0.05) is 18.9 Å². The van der Waals surface area contributed by atoms with E-state index >= 15 is 0 Å². The van der Waals surface area contributed by atoms with Crippen LogP contribution in [-0.2, 0) is 10.2 Å². The highest BCUT2D eigenvalue weighted by molar-refractivity contribution is 6.01. The number of carbonyl (C=O) groups is 1. The van der Waals surface area contributed by atoms with Gasteiger partial charge in [0, 0.05) is 17.5 Å². The van der Waals surface area contributed by atoms with E-state index in [1.54, 1.807) is 24.8 Å². The van der Waals surface area contributed by atoms with Gasteiger partial charge in [0.1, 0.15) is 5.82 Å². The second-order valence-electron chi connectivity index (χ2n) is 6.73. The SMILES string of the molecule is CC(C)(N)C(=O)N1CC2(CCCC2)c2c(F)cccc21. The Labute approximate surface area is 118 Å². The van der Waals surface area contributed by atoms with Gasteiger partial charge in [0.25, 0.3) is 0 Å². The number of hydrogen-bond acceptors (Lipinski definition) is 2. The first-order chi connectivity index (χ1) is 9.35. The van der Waals surface area contributed by atoms with E-state index in [0.717, 1.165) is 36.9 Å². The monoisotopic (exact) mass is 276 g/mol. The maximum atomic E-state index is 14.4. The van der Waals surface area contributed by atoms with Crippen molar-refractivity contribution in [3.05, 3.63) is 29.6 Å². The Morgan fingerprint density at radius 2 is 2.00 bits per heavy atom. The number of fused-ring (bicyclic) bond motifs is 2. The molecule has 108 valence electrons. The lowest BCUT2D eigenvalue weighted by Gasteiger charge is -2.28. The third-order valence-electron chi connectivity index (χ3n) is 4.63. The molecular formula is C16H21FN2O. The molecule has 0 unspecified atom stereocenters. The van der Waals surface area contributed by atoms with Crippen molar-refractivity contribution in [1.29, 1.82) is 0 Å². The van der Waals surface area contributed by atoms with Crippen molar-refractivity contribution in [1.82, 2.24) is 0 Å². The van der Waals surface area contributed by atoms with E-state index in [1.165, 1.54) is 6.07 Å². The highest BCUT2D eigenvalue weighted by Gasteiger charge is 2.49. The van der Waals surface area contributed by atoms with Gasteiger partial charge in [-0.2, -0.15) is 0 Å². The summed E-state index contributed by atoms with van der Waals surface area (Å²) in [5.41, 5.74) is 6.28. The maximum Gasteiger partial charge on any atom is 0.246 e. The molecule has 0 bridgehead atoms. The highest BCUT2D eigenvalue weighted by Crippen LogP contribution is 2.51. The average molecular weight is 276 g/mol. The van der Waals surface area contributed by atoms with E-state index in [9.17, 15) is 9.18 Å². The molecule has 1 amide bonds. The molecule has 0 aromatic heterocycles. The summed E-state index contributed by atoms with van der Waals surface area (Å²) in [4.78, 5) is 14.3. The van der Waals surface area contributed by atoms with Gasteiger partial charge in [-0.15, -0.1) is 0 Å². The van der Waals surface area contributed by atoms with Crippen molar-refractivity contribution in [2.24, 2.45) is 5.73 Å². The molecule has 1 saturated carbocycles. The van der Waals surface area contributed by atoms with Crippen LogP contribution in [0.5, 0.6) is 0 Å². The summed E-state index contributed by atoms with van der Waals surface area (Å²) >= 11 is 0. The van der Waals surface area contributed by atoms with Gasteiger partial charge in [0.15, 0.2) is 0 Å². The largest absolute Gasteiger partial charge is 0.318 e. The standard InChI is InChI=1S/C16H21FN2O/c1-15(2,18)14(20)19-10-16(8-3-4-9-16)13-11(17)6-5-7-12(13)19/h5-7H,3-4,8-10,18H2,1-2H3. The Morgan fingerprint density at radius 1 is 1.35 bits per heavy atom. The number of hydrogen-bond donors (Lipinski definition) is 1. The van der Waals surface area contributed by atoms with Crippen LogP contribution in [-0.4, -0.2) is 18.0 Å². The van der Waals surface area contributed by atoms with Crippen LogP contribution in [0.4, 0.5) is 10.1 Å². The predicted octanol–water partition coefficient (Wildman–Crippen LogP) is 2.72. The highest BCUT2D eigenvalue weighted by atomic mass is 19.1. The van der Waals surface area contributed by atoms with Crippen LogP contribution in [0.15, 0.2) is 18.2 Å². The molecule has 0 saturated heterocycles. The van der Waals surface area contributed by atoms with Crippen LogP contribution in [0, 0.1) is 5.82 Å². The first-order valence-electron chi connectivity index (χ1n) is 7.25. The molecule has 20 heavy (non-hydrogen) atoms. The molecule has 3 nitrogen and oxygen atoms in total. The molecule has 1 fully saturated rings. The van der Waals surface area contributed by atoms with Crippen molar-refractivity contribution in [2.75, 3.05) is 11.4 Å². The van der Waals surface area contributed by atoms with Crippen molar-refractivity contribution < 1.29 is 9.18 Å². The second-order valence-corrected chi connectivity index (χ2v) is 6.73. The van der Waals surface area contributed by atoms with Crippen LogP contribution in [0.25, 0.3) is 0 Å². The summed E-state index contributed by atoms with van der Waals surface area (Å²) in [6.07, 6.45) is 4.11. The lowest BCUT2D eigenvalue weighted by atomic mass is 9.80. The van der Waals surface area contributed by atoms with Crippen LogP contribution in [0.1, 0.15) is 45.1 Å². The summed E-state index contributed by atoms with van der Waals surface area (Å²) in [6.45, 7) is 3.98. The lowest BCUT2D eigenvalue weighted by Crippen LogP contribution is -2.52. The summed E-state index contributed by atoms with van der Waals surface area (Å²) in [6, 6.07) is 5.02. The number of anilines is 1. The Morgan fingerprint density at radius 3 is 2.60 bits per heavy atom. The van der Waals surface area contributed by atoms with Crippen LogP contribution in [0.2, 0.25) is 0 Å². The molecule has 1 aliphatic heterocycles. The molecule has 1 heterocycles. The fraction of sp³-hybridized carbons (Fsp3) is 0.562. The van der Waals surface area contributed by atoms with Crippen molar-refractivity contribution in [2.45, 2.75) is 50.5 Å². The van der Waals surface area contributed by atoms with Gasteiger partial charge in [-0.05, 0) is 38.8 Å². The van der Waals surface area contributed by atoms with Crippen molar-refractivity contribution in [3.8, 4) is 0 Å². The van der Waals surface area contributed by atoms with E-state index in [-0.39, 0.29) is 17.1 Å². The second kappa shape index (κ2) is 4.29. The molecule has 1 spiro atoms. The summed E-state index contributed by atoms with van der Waals surface area (Å²) in [5.74, 6) is -0.317. The minimum Gasteiger partial charge on any atom is -0.318 e. The molecule has 3 rings (SSSR count). The lowest BCUT2D eigenvalue weighted by molar-refractivity contribution is -0.122. The zero-order valence-corrected chi connectivity index (χ0v) is 12.1. The van der Waals surface area contributed by atoms with Crippen molar-refractivity contribution >= 4 is 11.6 Å². The molecule has 1 aromatic rings. The van der Waals surface area contributed by atoms with Gasteiger partial charge >= 0.3 is 0 Å². The molecule has 2 aliphatic rings. The molecule has 0 atom stereocenters. The summed E-state index contributed by atoms with van der Waals surface area (Å²) in [7, 11) is 0. The fourth-order valence-corrected chi connectivity index (χ4v) is 3.72. The van der Waals surface area contributed by atoms with E-state index in [4.69, 9.17) is 5.73 Å². The van der Waals surface area contributed by atoms with E-state index in [0.29, 0.717) is 6.54 Å². The van der Waals surface area contributed by atoms with E-state index in [2.05, 4.69) is 0 Å². The number of benzene rings is 1. The third kappa shape index (κ3) is 1.85. The number of nitrogens with two attached hydrogens (primary N) is 1. The minimum absolute atomic E-state index is 0.131. The fourth-order valence-electron chi connectivity index (χ4n) is 3.72.